The predicted molar refractivity (Wildman–Crippen MR) is 83.5 cm³/mol. The molecule has 0 fully saturated rings. The van der Waals surface area contributed by atoms with Crippen molar-refractivity contribution >= 4 is 0 Å². The summed E-state index contributed by atoms with van der Waals surface area (Å²) in [6.45, 7) is 13.8. The third kappa shape index (κ3) is 2.58. The number of nitrogens with two attached hydrogens (primary N) is 1. The molecule has 1 heteroatoms. The minimum atomic E-state index is 0.145. The van der Waals surface area contributed by atoms with Gasteiger partial charge in [0.1, 0.15) is 0 Å². The summed E-state index contributed by atoms with van der Waals surface area (Å²) < 4.78 is 0. The molecule has 0 bridgehead atoms. The molecule has 1 aliphatic rings. The van der Waals surface area contributed by atoms with Crippen molar-refractivity contribution in [3.05, 3.63) is 34.9 Å². The number of rotatable bonds is 2. The highest BCUT2D eigenvalue weighted by Gasteiger charge is 2.37. The molecule has 2 rings (SSSR count). The van der Waals surface area contributed by atoms with Crippen LogP contribution in [-0.2, 0) is 10.8 Å². The quantitative estimate of drug-likeness (QED) is 0.819. The van der Waals surface area contributed by atoms with Gasteiger partial charge in [0.25, 0.3) is 0 Å². The van der Waals surface area contributed by atoms with E-state index in [4.69, 9.17) is 5.73 Å². The molecule has 0 saturated carbocycles. The van der Waals surface area contributed by atoms with Crippen LogP contribution in [0.1, 0.15) is 77.1 Å². The van der Waals surface area contributed by atoms with Crippen molar-refractivity contribution in [2.75, 3.05) is 0 Å². The first kappa shape index (κ1) is 14.6. The fraction of sp³-hybridized carbons (Fsp3) is 0.667. The average Bonchev–Trinajstić information content (AvgIpc) is 2.33. The molecule has 0 aliphatic heterocycles. The van der Waals surface area contributed by atoms with Crippen LogP contribution < -0.4 is 5.73 Å². The van der Waals surface area contributed by atoms with Crippen molar-refractivity contribution in [3.8, 4) is 0 Å². The maximum Gasteiger partial charge on any atom is 0.0318 e. The third-order valence-electron chi connectivity index (χ3n) is 4.98. The zero-order chi connectivity index (χ0) is 14.4. The molecule has 1 nitrogen and oxygen atoms in total. The summed E-state index contributed by atoms with van der Waals surface area (Å²) in [5.74, 6) is 0.484. The fourth-order valence-corrected chi connectivity index (χ4v) is 3.20. The summed E-state index contributed by atoms with van der Waals surface area (Å²) in [6.07, 6.45) is 2.52. The lowest BCUT2D eigenvalue weighted by molar-refractivity contribution is 0.331. The molecule has 0 heterocycles. The van der Waals surface area contributed by atoms with Crippen molar-refractivity contribution < 1.29 is 0 Å². The second-order valence-electron chi connectivity index (χ2n) is 7.84. The Balaban J connectivity index is 2.53. The van der Waals surface area contributed by atoms with Crippen molar-refractivity contribution in [1.29, 1.82) is 0 Å². The van der Waals surface area contributed by atoms with E-state index in [0.29, 0.717) is 11.3 Å². The smallest absolute Gasteiger partial charge is 0.0318 e. The van der Waals surface area contributed by atoms with Crippen LogP contribution in [0.25, 0.3) is 0 Å². The molecule has 106 valence electrons. The molecule has 0 aromatic heterocycles. The molecule has 2 N–H and O–H groups in total. The second kappa shape index (κ2) is 4.63. The van der Waals surface area contributed by atoms with E-state index in [9.17, 15) is 0 Å². The Labute approximate surface area is 118 Å². The Hall–Kier alpha value is -0.820. The normalized spacial score (nSPS) is 22.1. The molecule has 0 saturated heterocycles. The van der Waals surface area contributed by atoms with E-state index >= 15 is 0 Å². The minimum absolute atomic E-state index is 0.145. The Morgan fingerprint density at radius 1 is 0.947 bits per heavy atom. The van der Waals surface area contributed by atoms with Gasteiger partial charge in [-0.15, -0.1) is 0 Å². The number of hydrogen-bond donors (Lipinski definition) is 1. The topological polar surface area (TPSA) is 26.0 Å². The first-order valence-electron chi connectivity index (χ1n) is 7.56. The van der Waals surface area contributed by atoms with Gasteiger partial charge < -0.3 is 5.73 Å². The molecule has 19 heavy (non-hydrogen) atoms. The Kier molecular flexibility index (Phi) is 3.55. The van der Waals surface area contributed by atoms with E-state index in [2.05, 4.69) is 59.7 Å². The lowest BCUT2D eigenvalue weighted by Crippen LogP contribution is -2.34. The monoisotopic (exact) mass is 259 g/mol. The highest BCUT2D eigenvalue weighted by Crippen LogP contribution is 2.46. The molecule has 0 spiro atoms. The maximum absolute atomic E-state index is 6.33. The number of fused-ring (bicyclic) bond motifs is 1. The zero-order valence-corrected chi connectivity index (χ0v) is 13.4. The van der Waals surface area contributed by atoms with Crippen molar-refractivity contribution in [1.82, 2.24) is 0 Å². The van der Waals surface area contributed by atoms with Gasteiger partial charge in [-0.25, -0.2) is 0 Å². The van der Waals surface area contributed by atoms with Gasteiger partial charge in [0.2, 0.25) is 0 Å². The van der Waals surface area contributed by atoms with Crippen LogP contribution in [0, 0.1) is 5.92 Å². The van der Waals surface area contributed by atoms with Crippen LogP contribution in [0.15, 0.2) is 18.2 Å². The lowest BCUT2D eigenvalue weighted by Gasteiger charge is -2.42. The summed E-state index contributed by atoms with van der Waals surface area (Å²) in [6, 6.07) is 7.09. The van der Waals surface area contributed by atoms with Crippen molar-refractivity contribution in [3.63, 3.8) is 0 Å². The average molecular weight is 259 g/mol. The van der Waals surface area contributed by atoms with Gasteiger partial charge in [-0.1, -0.05) is 59.7 Å². The van der Waals surface area contributed by atoms with Gasteiger partial charge in [-0.3, -0.25) is 0 Å². The van der Waals surface area contributed by atoms with Crippen molar-refractivity contribution in [2.45, 2.75) is 71.3 Å². The molecule has 1 aliphatic carbocycles. The lowest BCUT2D eigenvalue weighted by atomic mass is 9.63. The largest absolute Gasteiger partial charge is 0.324 e. The summed E-state index contributed by atoms with van der Waals surface area (Å²) in [5.41, 5.74) is 11.2. The number of benzene rings is 1. The van der Waals surface area contributed by atoms with Crippen LogP contribution in [0.2, 0.25) is 0 Å². The van der Waals surface area contributed by atoms with Crippen LogP contribution >= 0.6 is 0 Å². The Bertz CT molecular complexity index is 469. The van der Waals surface area contributed by atoms with E-state index in [0.717, 1.165) is 0 Å². The highest BCUT2D eigenvalue weighted by molar-refractivity contribution is 5.44. The van der Waals surface area contributed by atoms with E-state index in [-0.39, 0.29) is 11.5 Å². The second-order valence-corrected chi connectivity index (χ2v) is 7.84. The summed E-state index contributed by atoms with van der Waals surface area (Å²) >= 11 is 0. The number of hydrogen-bond acceptors (Lipinski definition) is 1. The molecule has 1 unspecified atom stereocenters. The SMILES string of the molecule is CC(C)C(N)c1ccc2c(c1)C(C)(C)CCC2(C)C. The van der Waals surface area contributed by atoms with E-state index in [1.807, 2.05) is 0 Å². The summed E-state index contributed by atoms with van der Waals surface area (Å²) in [4.78, 5) is 0. The van der Waals surface area contributed by atoms with Crippen LogP contribution in [-0.4, -0.2) is 0 Å². The standard InChI is InChI=1S/C18H29N/c1-12(2)16(19)13-7-8-14-15(11-13)18(5,6)10-9-17(14,3)4/h7-8,11-12,16H,9-10,19H2,1-6H3. The predicted octanol–water partition coefficient (Wildman–Crippen LogP) is 4.69. The van der Waals surface area contributed by atoms with Crippen molar-refractivity contribution in [2.24, 2.45) is 11.7 Å². The summed E-state index contributed by atoms with van der Waals surface area (Å²) in [5, 5.41) is 0. The molecule has 1 aromatic rings. The Morgan fingerprint density at radius 3 is 2.00 bits per heavy atom. The van der Waals surface area contributed by atoms with Gasteiger partial charge >= 0.3 is 0 Å². The zero-order valence-electron chi connectivity index (χ0n) is 13.4. The first-order valence-corrected chi connectivity index (χ1v) is 7.56. The molecular formula is C18H29N. The van der Waals surface area contributed by atoms with Gasteiger partial charge in [0, 0.05) is 6.04 Å². The van der Waals surface area contributed by atoms with Gasteiger partial charge in [-0.05, 0) is 46.3 Å². The summed E-state index contributed by atoms with van der Waals surface area (Å²) in [7, 11) is 0. The van der Waals surface area contributed by atoms with E-state index < -0.39 is 0 Å². The third-order valence-corrected chi connectivity index (χ3v) is 4.98. The molecule has 0 radical (unpaired) electrons. The molecular weight excluding hydrogens is 230 g/mol. The molecule has 1 aromatic carbocycles. The Morgan fingerprint density at radius 2 is 1.47 bits per heavy atom. The van der Waals surface area contributed by atoms with Gasteiger partial charge in [0.15, 0.2) is 0 Å². The van der Waals surface area contributed by atoms with Gasteiger partial charge in [-0.2, -0.15) is 0 Å². The maximum atomic E-state index is 6.33. The van der Waals surface area contributed by atoms with E-state index in [1.54, 1.807) is 0 Å². The van der Waals surface area contributed by atoms with Crippen LogP contribution in [0.4, 0.5) is 0 Å². The highest BCUT2D eigenvalue weighted by atomic mass is 14.6. The van der Waals surface area contributed by atoms with Crippen LogP contribution in [0.5, 0.6) is 0 Å². The van der Waals surface area contributed by atoms with E-state index in [1.165, 1.54) is 29.5 Å². The van der Waals surface area contributed by atoms with Crippen LogP contribution in [0.3, 0.4) is 0 Å². The molecule has 0 amide bonds. The molecule has 1 atom stereocenters. The van der Waals surface area contributed by atoms with Gasteiger partial charge in [0.05, 0.1) is 0 Å². The fourth-order valence-electron chi connectivity index (χ4n) is 3.20. The minimum Gasteiger partial charge on any atom is -0.324 e. The first-order chi connectivity index (χ1) is 8.65.